The van der Waals surface area contributed by atoms with Crippen LogP contribution in [0.2, 0.25) is 0 Å². The van der Waals surface area contributed by atoms with Gasteiger partial charge in [-0.25, -0.2) is 0 Å². The van der Waals surface area contributed by atoms with Crippen molar-refractivity contribution in [2.45, 2.75) is 13.0 Å². The van der Waals surface area contributed by atoms with E-state index in [9.17, 15) is 9.59 Å². The molecule has 4 N–H and O–H groups in total. The number of hydrogen-bond donors (Lipinski definition) is 3. The Morgan fingerprint density at radius 1 is 1.80 bits per heavy atom. The zero-order valence-corrected chi connectivity index (χ0v) is 10.1. The molecule has 2 amide bonds. The summed E-state index contributed by atoms with van der Waals surface area (Å²) in [6, 6.07) is -0.377. The van der Waals surface area contributed by atoms with E-state index in [2.05, 4.69) is 10.6 Å². The molecule has 1 saturated heterocycles. The summed E-state index contributed by atoms with van der Waals surface area (Å²) in [5, 5.41) is 5.20. The van der Waals surface area contributed by atoms with Gasteiger partial charge in [0, 0.05) is 12.3 Å². The van der Waals surface area contributed by atoms with E-state index in [-0.39, 0.29) is 35.5 Å². The first-order chi connectivity index (χ1) is 6.63. The fourth-order valence-electron chi connectivity index (χ4n) is 1.01. The highest BCUT2D eigenvalue weighted by Gasteiger charge is 2.27. The summed E-state index contributed by atoms with van der Waals surface area (Å²) in [6.45, 7) is 3.07. The number of nitrogens with one attached hydrogen (secondary N) is 2. The van der Waals surface area contributed by atoms with E-state index in [0.29, 0.717) is 18.8 Å². The maximum Gasteiger partial charge on any atom is 0.279 e. The van der Waals surface area contributed by atoms with Gasteiger partial charge in [-0.15, -0.1) is 12.4 Å². The number of hydrogen-bond acceptors (Lipinski definition) is 4. The summed E-state index contributed by atoms with van der Waals surface area (Å²) >= 11 is 1.14. The third kappa shape index (κ3) is 4.72. The Morgan fingerprint density at radius 3 is 2.93 bits per heavy atom. The van der Waals surface area contributed by atoms with Gasteiger partial charge in [0.05, 0.1) is 0 Å². The van der Waals surface area contributed by atoms with Crippen LogP contribution in [0.5, 0.6) is 0 Å². The number of rotatable bonds is 4. The molecule has 2 atom stereocenters. The van der Waals surface area contributed by atoms with Crippen molar-refractivity contribution in [3.8, 4) is 0 Å². The highest BCUT2D eigenvalue weighted by molar-refractivity contribution is 8.14. The molecule has 7 heteroatoms. The van der Waals surface area contributed by atoms with Gasteiger partial charge in [0.25, 0.3) is 5.24 Å². The van der Waals surface area contributed by atoms with Crippen LogP contribution in [0.1, 0.15) is 6.92 Å². The topological polar surface area (TPSA) is 84.2 Å². The first kappa shape index (κ1) is 14.5. The summed E-state index contributed by atoms with van der Waals surface area (Å²) in [4.78, 5) is 22.2. The van der Waals surface area contributed by atoms with Crippen LogP contribution < -0.4 is 16.4 Å². The van der Waals surface area contributed by atoms with Crippen LogP contribution in [-0.2, 0) is 4.79 Å². The summed E-state index contributed by atoms with van der Waals surface area (Å²) in [7, 11) is 0. The van der Waals surface area contributed by atoms with Crippen molar-refractivity contribution in [3.05, 3.63) is 0 Å². The molecular formula is C8H16ClN3O2S. The van der Waals surface area contributed by atoms with Crippen LogP contribution in [-0.4, -0.2) is 36.0 Å². The molecule has 0 aliphatic carbocycles. The molecule has 1 rings (SSSR count). The molecule has 0 aromatic carbocycles. The molecule has 1 heterocycles. The van der Waals surface area contributed by atoms with E-state index in [1.54, 1.807) is 0 Å². The highest BCUT2D eigenvalue weighted by Crippen LogP contribution is 2.12. The predicted molar refractivity (Wildman–Crippen MR) is 63.3 cm³/mol. The third-order valence-corrected chi connectivity index (χ3v) is 2.90. The van der Waals surface area contributed by atoms with Gasteiger partial charge in [0.2, 0.25) is 5.91 Å². The Morgan fingerprint density at radius 2 is 2.47 bits per heavy atom. The number of halogens is 1. The average molecular weight is 254 g/mol. The van der Waals surface area contributed by atoms with Crippen LogP contribution in [0.25, 0.3) is 0 Å². The number of thioether (sulfide) groups is 1. The molecule has 1 fully saturated rings. The first-order valence-electron chi connectivity index (χ1n) is 4.54. The molecule has 1 aliphatic heterocycles. The normalized spacial score (nSPS) is 21.5. The Hall–Kier alpha value is -0.460. The Kier molecular flexibility index (Phi) is 6.71. The zero-order chi connectivity index (χ0) is 10.6. The summed E-state index contributed by atoms with van der Waals surface area (Å²) in [5.41, 5.74) is 5.41. The smallest absolute Gasteiger partial charge is 0.279 e. The van der Waals surface area contributed by atoms with Crippen molar-refractivity contribution in [1.82, 2.24) is 10.6 Å². The second-order valence-corrected chi connectivity index (χ2v) is 4.37. The quantitative estimate of drug-likeness (QED) is 0.656. The van der Waals surface area contributed by atoms with Crippen molar-refractivity contribution in [1.29, 1.82) is 0 Å². The second-order valence-electron chi connectivity index (χ2n) is 3.38. The molecule has 0 bridgehead atoms. The van der Waals surface area contributed by atoms with Gasteiger partial charge in [-0.1, -0.05) is 18.7 Å². The molecule has 88 valence electrons. The molecule has 0 aromatic heterocycles. The molecule has 1 aliphatic rings. The van der Waals surface area contributed by atoms with Gasteiger partial charge in [0.1, 0.15) is 6.04 Å². The highest BCUT2D eigenvalue weighted by atomic mass is 35.5. The fraction of sp³-hybridized carbons (Fsp3) is 0.750. The third-order valence-electron chi connectivity index (χ3n) is 2.02. The van der Waals surface area contributed by atoms with E-state index in [4.69, 9.17) is 5.73 Å². The second kappa shape index (κ2) is 6.92. The minimum atomic E-state index is -0.377. The fourth-order valence-corrected chi connectivity index (χ4v) is 1.79. The van der Waals surface area contributed by atoms with Crippen molar-refractivity contribution in [2.75, 3.05) is 18.8 Å². The first-order valence-corrected chi connectivity index (χ1v) is 5.53. The molecular weight excluding hydrogens is 238 g/mol. The lowest BCUT2D eigenvalue weighted by molar-refractivity contribution is -0.122. The molecule has 5 nitrogen and oxygen atoms in total. The molecule has 0 saturated carbocycles. The number of carbonyl (C=O) groups is 2. The largest absolute Gasteiger partial charge is 0.354 e. The summed E-state index contributed by atoms with van der Waals surface area (Å²) in [5.74, 6) is 0.661. The van der Waals surface area contributed by atoms with E-state index >= 15 is 0 Å². The standard InChI is InChI=1S/C8H15N3O2S.ClH/c1-5(2-9)3-10-7(12)6-4-14-8(13)11-6;/h5-6H,2-4,9H2,1H3,(H,10,12)(H,11,13);1H/t5?,6-;/m0./s1. The minimum Gasteiger partial charge on any atom is -0.354 e. The van der Waals surface area contributed by atoms with Crippen LogP contribution in [0.3, 0.4) is 0 Å². The van der Waals surface area contributed by atoms with E-state index in [0.717, 1.165) is 11.8 Å². The number of carbonyl (C=O) groups excluding carboxylic acids is 2. The van der Waals surface area contributed by atoms with Crippen LogP contribution in [0.15, 0.2) is 0 Å². The molecule has 1 unspecified atom stereocenters. The van der Waals surface area contributed by atoms with E-state index < -0.39 is 0 Å². The Labute approximate surface area is 99.3 Å². The Bertz CT molecular complexity index is 240. The van der Waals surface area contributed by atoms with Gasteiger partial charge in [-0.3, -0.25) is 9.59 Å². The van der Waals surface area contributed by atoms with Crippen LogP contribution in [0.4, 0.5) is 4.79 Å². The van der Waals surface area contributed by atoms with Crippen molar-refractivity contribution < 1.29 is 9.59 Å². The summed E-state index contributed by atoms with van der Waals surface area (Å²) in [6.07, 6.45) is 0. The maximum atomic E-state index is 11.4. The van der Waals surface area contributed by atoms with Crippen molar-refractivity contribution in [2.24, 2.45) is 11.7 Å². The van der Waals surface area contributed by atoms with E-state index in [1.165, 1.54) is 0 Å². The maximum absolute atomic E-state index is 11.4. The van der Waals surface area contributed by atoms with Crippen LogP contribution in [0, 0.1) is 5.92 Å². The van der Waals surface area contributed by atoms with Crippen molar-refractivity contribution in [3.63, 3.8) is 0 Å². The van der Waals surface area contributed by atoms with Crippen molar-refractivity contribution >= 4 is 35.3 Å². The molecule has 0 radical (unpaired) electrons. The molecule has 15 heavy (non-hydrogen) atoms. The average Bonchev–Trinajstić information content (AvgIpc) is 2.60. The van der Waals surface area contributed by atoms with Gasteiger partial charge in [0.15, 0.2) is 0 Å². The lowest BCUT2D eigenvalue weighted by Gasteiger charge is -2.13. The zero-order valence-electron chi connectivity index (χ0n) is 8.49. The minimum absolute atomic E-state index is 0. The SMILES string of the molecule is CC(CN)CNC(=O)[C@@H]1CSC(=O)N1.Cl. The molecule has 0 aromatic rings. The van der Waals surface area contributed by atoms with Gasteiger partial charge >= 0.3 is 0 Å². The number of amides is 2. The molecule has 0 spiro atoms. The van der Waals surface area contributed by atoms with E-state index in [1.807, 2.05) is 6.92 Å². The van der Waals surface area contributed by atoms with Gasteiger partial charge in [-0.2, -0.15) is 0 Å². The predicted octanol–water partition coefficient (Wildman–Crippen LogP) is -0.0558. The summed E-state index contributed by atoms with van der Waals surface area (Å²) < 4.78 is 0. The monoisotopic (exact) mass is 253 g/mol. The van der Waals surface area contributed by atoms with Gasteiger partial charge < -0.3 is 16.4 Å². The Balaban J connectivity index is 0.00000196. The lowest BCUT2D eigenvalue weighted by Crippen LogP contribution is -2.44. The number of nitrogens with two attached hydrogens (primary N) is 1. The van der Waals surface area contributed by atoms with Crippen LogP contribution >= 0.6 is 24.2 Å². The van der Waals surface area contributed by atoms with Gasteiger partial charge in [-0.05, 0) is 12.5 Å². The lowest BCUT2D eigenvalue weighted by atomic mass is 10.2.